The predicted octanol–water partition coefficient (Wildman–Crippen LogP) is 4.37. The second-order valence-electron chi connectivity index (χ2n) is 6.13. The van der Waals surface area contributed by atoms with Crippen molar-refractivity contribution in [1.82, 2.24) is 25.8 Å². The molecule has 1 unspecified atom stereocenters. The van der Waals surface area contributed by atoms with Gasteiger partial charge >= 0.3 is 0 Å². The van der Waals surface area contributed by atoms with E-state index in [1.165, 1.54) is 5.56 Å². The molecule has 0 amide bonds. The van der Waals surface area contributed by atoms with E-state index in [2.05, 4.69) is 59.7 Å². The first-order valence-electron chi connectivity index (χ1n) is 9.20. The van der Waals surface area contributed by atoms with E-state index >= 15 is 0 Å². The molecule has 2 N–H and O–H groups in total. The van der Waals surface area contributed by atoms with Crippen LogP contribution in [0.2, 0.25) is 0 Å². The van der Waals surface area contributed by atoms with Crippen molar-refractivity contribution >= 4 is 45.9 Å². The third-order valence-corrected chi connectivity index (χ3v) is 4.75. The summed E-state index contributed by atoms with van der Waals surface area (Å²) in [7, 11) is 0. The molecule has 2 heterocycles. The van der Waals surface area contributed by atoms with Crippen molar-refractivity contribution in [2.45, 2.75) is 26.3 Å². The van der Waals surface area contributed by atoms with Gasteiger partial charge in [0.2, 0.25) is 0 Å². The Hall–Kier alpha value is -2.01. The number of nitrogens with one attached hydrogen (secondary N) is 2. The lowest BCUT2D eigenvalue weighted by Crippen LogP contribution is -2.39. The second kappa shape index (κ2) is 11.9. The molecule has 0 saturated heterocycles. The molecule has 0 saturated carbocycles. The monoisotopic (exact) mass is 570 g/mol. The van der Waals surface area contributed by atoms with Crippen LogP contribution in [0.3, 0.4) is 0 Å². The predicted molar refractivity (Wildman–Crippen MR) is 128 cm³/mol. The quantitative estimate of drug-likeness (QED) is 0.249. The number of halogens is 2. The summed E-state index contributed by atoms with van der Waals surface area (Å²) in [6.45, 7) is 5.46. The Bertz CT molecular complexity index is 918. The molecule has 1 aromatic carbocycles. The van der Waals surface area contributed by atoms with Crippen LogP contribution in [-0.4, -0.2) is 34.2 Å². The van der Waals surface area contributed by atoms with Gasteiger partial charge in [0.05, 0.1) is 6.04 Å². The van der Waals surface area contributed by atoms with Gasteiger partial charge in [0.1, 0.15) is 5.69 Å². The minimum Gasteiger partial charge on any atom is -0.357 e. The van der Waals surface area contributed by atoms with Gasteiger partial charge in [0, 0.05) is 30.2 Å². The molecule has 7 nitrogen and oxygen atoms in total. The van der Waals surface area contributed by atoms with Gasteiger partial charge in [0.25, 0.3) is 5.89 Å². The minimum absolute atomic E-state index is 0. The maximum atomic E-state index is 5.28. The molecular formula is C20H24BrIN6O. The second-order valence-corrected chi connectivity index (χ2v) is 6.98. The normalized spacial score (nSPS) is 12.2. The van der Waals surface area contributed by atoms with Crippen molar-refractivity contribution in [1.29, 1.82) is 0 Å². The first kappa shape index (κ1) is 23.3. The third-order valence-electron chi connectivity index (χ3n) is 4.03. The molecule has 0 bridgehead atoms. The number of benzene rings is 1. The summed E-state index contributed by atoms with van der Waals surface area (Å²) in [5.41, 5.74) is 1.84. The number of aliphatic imine (C=N–C) groups is 1. The SMILES string of the molecule is CCNC(=NCCc1noc(-c2ccccn2)n1)NC(C)c1ccccc1Br.I. The van der Waals surface area contributed by atoms with Gasteiger partial charge in [-0.2, -0.15) is 4.98 Å². The summed E-state index contributed by atoms with van der Waals surface area (Å²) in [4.78, 5) is 13.2. The molecule has 9 heteroatoms. The van der Waals surface area contributed by atoms with Gasteiger partial charge in [-0.15, -0.1) is 24.0 Å². The van der Waals surface area contributed by atoms with E-state index in [9.17, 15) is 0 Å². The Labute approximate surface area is 196 Å². The molecule has 3 rings (SSSR count). The summed E-state index contributed by atoms with van der Waals surface area (Å²) in [6.07, 6.45) is 2.28. The molecule has 0 spiro atoms. The van der Waals surface area contributed by atoms with E-state index in [1.54, 1.807) is 6.20 Å². The first-order valence-corrected chi connectivity index (χ1v) is 10.00. The van der Waals surface area contributed by atoms with E-state index < -0.39 is 0 Å². The van der Waals surface area contributed by atoms with Gasteiger partial charge in [-0.05, 0) is 37.6 Å². The van der Waals surface area contributed by atoms with Crippen molar-refractivity contribution in [3.05, 3.63) is 64.5 Å². The van der Waals surface area contributed by atoms with Crippen molar-refractivity contribution in [3.63, 3.8) is 0 Å². The Morgan fingerprint density at radius 2 is 2.00 bits per heavy atom. The largest absolute Gasteiger partial charge is 0.357 e. The van der Waals surface area contributed by atoms with E-state index in [0.717, 1.165) is 17.0 Å². The fraction of sp³-hybridized carbons (Fsp3) is 0.300. The molecule has 154 valence electrons. The fourth-order valence-electron chi connectivity index (χ4n) is 2.65. The number of rotatable bonds is 7. The lowest BCUT2D eigenvalue weighted by Gasteiger charge is -2.19. The standard InChI is InChI=1S/C20H23BrN6O.HI/c1-3-22-20(25-14(2)15-8-4-5-9-16(15)21)24-13-11-18-26-19(28-27-18)17-10-6-7-12-23-17;/h4-10,12,14H,3,11,13H2,1-2H3,(H2,22,24,25);1H. The minimum atomic E-state index is 0. The Morgan fingerprint density at radius 1 is 1.21 bits per heavy atom. The Kier molecular flexibility index (Phi) is 9.52. The molecule has 1 atom stereocenters. The third kappa shape index (κ3) is 6.77. The number of nitrogens with zero attached hydrogens (tertiary/aromatic N) is 4. The zero-order chi connectivity index (χ0) is 19.8. The number of aromatic nitrogens is 3. The lowest BCUT2D eigenvalue weighted by molar-refractivity contribution is 0.421. The molecule has 0 aliphatic heterocycles. The number of hydrogen-bond acceptors (Lipinski definition) is 5. The van der Waals surface area contributed by atoms with Crippen LogP contribution in [0, 0.1) is 0 Å². The zero-order valence-electron chi connectivity index (χ0n) is 16.3. The molecule has 0 radical (unpaired) electrons. The molecule has 2 aromatic heterocycles. The summed E-state index contributed by atoms with van der Waals surface area (Å²) in [6, 6.07) is 13.8. The van der Waals surface area contributed by atoms with Gasteiger partial charge in [-0.1, -0.05) is 45.4 Å². The summed E-state index contributed by atoms with van der Waals surface area (Å²) < 4.78 is 6.35. The van der Waals surface area contributed by atoms with E-state index in [1.807, 2.05) is 43.3 Å². The van der Waals surface area contributed by atoms with Crippen LogP contribution >= 0.6 is 39.9 Å². The molecule has 0 aliphatic carbocycles. The smallest absolute Gasteiger partial charge is 0.276 e. The highest BCUT2D eigenvalue weighted by molar-refractivity contribution is 14.0. The van der Waals surface area contributed by atoms with Crippen LogP contribution in [-0.2, 0) is 6.42 Å². The molecule has 3 aromatic rings. The van der Waals surface area contributed by atoms with Crippen molar-refractivity contribution in [2.24, 2.45) is 4.99 Å². The summed E-state index contributed by atoms with van der Waals surface area (Å²) >= 11 is 3.60. The van der Waals surface area contributed by atoms with Crippen LogP contribution < -0.4 is 10.6 Å². The number of hydrogen-bond donors (Lipinski definition) is 2. The van der Waals surface area contributed by atoms with Crippen molar-refractivity contribution in [2.75, 3.05) is 13.1 Å². The molecule has 0 aliphatic rings. The van der Waals surface area contributed by atoms with Crippen LogP contribution in [0.1, 0.15) is 31.3 Å². The number of guanidine groups is 1. The van der Waals surface area contributed by atoms with Gasteiger partial charge in [-0.25, -0.2) is 0 Å². The van der Waals surface area contributed by atoms with Crippen LogP contribution in [0.25, 0.3) is 11.6 Å². The van der Waals surface area contributed by atoms with Gasteiger partial charge < -0.3 is 15.2 Å². The summed E-state index contributed by atoms with van der Waals surface area (Å²) in [5, 5.41) is 10.7. The highest BCUT2D eigenvalue weighted by Crippen LogP contribution is 2.22. The lowest BCUT2D eigenvalue weighted by atomic mass is 10.1. The Balaban J connectivity index is 0.00000300. The first-order chi connectivity index (χ1) is 13.7. The van der Waals surface area contributed by atoms with Gasteiger partial charge in [0.15, 0.2) is 11.8 Å². The maximum absolute atomic E-state index is 5.28. The highest BCUT2D eigenvalue weighted by Gasteiger charge is 2.12. The molecular weight excluding hydrogens is 547 g/mol. The van der Waals surface area contributed by atoms with Crippen LogP contribution in [0.15, 0.2) is 62.6 Å². The molecule has 0 fully saturated rings. The van der Waals surface area contributed by atoms with Crippen LogP contribution in [0.4, 0.5) is 0 Å². The fourth-order valence-corrected chi connectivity index (χ4v) is 3.27. The Morgan fingerprint density at radius 3 is 2.72 bits per heavy atom. The number of pyridine rings is 1. The van der Waals surface area contributed by atoms with Crippen molar-refractivity contribution < 1.29 is 4.52 Å². The highest BCUT2D eigenvalue weighted by atomic mass is 127. The maximum Gasteiger partial charge on any atom is 0.276 e. The topological polar surface area (TPSA) is 88.2 Å². The van der Waals surface area contributed by atoms with Crippen molar-refractivity contribution in [3.8, 4) is 11.6 Å². The summed E-state index contributed by atoms with van der Waals surface area (Å²) in [5.74, 6) is 1.78. The van der Waals surface area contributed by atoms with E-state index in [0.29, 0.717) is 30.4 Å². The molecule has 29 heavy (non-hydrogen) atoms. The van der Waals surface area contributed by atoms with Gasteiger partial charge in [-0.3, -0.25) is 9.98 Å². The van der Waals surface area contributed by atoms with E-state index in [4.69, 9.17) is 4.52 Å². The average molecular weight is 571 g/mol. The van der Waals surface area contributed by atoms with Crippen LogP contribution in [0.5, 0.6) is 0 Å². The zero-order valence-corrected chi connectivity index (χ0v) is 20.2. The van der Waals surface area contributed by atoms with E-state index in [-0.39, 0.29) is 30.0 Å². The average Bonchev–Trinajstić information content (AvgIpc) is 3.18.